The summed E-state index contributed by atoms with van der Waals surface area (Å²) in [5.41, 5.74) is 2.02. The summed E-state index contributed by atoms with van der Waals surface area (Å²) < 4.78 is 61.8. The number of benzene rings is 1. The first-order valence-corrected chi connectivity index (χ1v) is 13.8. The van der Waals surface area contributed by atoms with Crippen molar-refractivity contribution < 1.29 is 31.5 Å². The van der Waals surface area contributed by atoms with E-state index >= 15 is 0 Å². The van der Waals surface area contributed by atoms with Gasteiger partial charge in [0.15, 0.2) is 15.6 Å². The number of ether oxygens (including phenoxy) is 2. The number of Topliss-reactive ketones (excluding diaryl/α,β-unsaturated/α-hetero) is 1. The molecule has 5 rings (SSSR count). The number of carbonyl (C=O) groups excluding carboxylic acids is 1. The van der Waals surface area contributed by atoms with Crippen LogP contribution in [0.1, 0.15) is 49.1 Å². The summed E-state index contributed by atoms with van der Waals surface area (Å²) >= 11 is 0. The Hall–Kier alpha value is -2.85. The summed E-state index contributed by atoms with van der Waals surface area (Å²) in [6.45, 7) is 0.170. The number of alkyl halides is 2. The maximum Gasteiger partial charge on any atom is 0.387 e. The number of nitrogens with zero attached hydrogens (tertiary/aromatic N) is 2. The van der Waals surface area contributed by atoms with Crippen molar-refractivity contribution in [2.24, 2.45) is 5.41 Å². The third-order valence-electron chi connectivity index (χ3n) is 7.13. The van der Waals surface area contributed by atoms with E-state index in [9.17, 15) is 22.0 Å². The minimum atomic E-state index is -3.12. The number of hydrogen-bond acceptors (Lipinski definition) is 6. The van der Waals surface area contributed by atoms with Crippen molar-refractivity contribution in [2.75, 3.05) is 24.7 Å². The van der Waals surface area contributed by atoms with Crippen LogP contribution in [0.2, 0.25) is 0 Å². The highest BCUT2D eigenvalue weighted by Gasteiger charge is 2.40. The molecule has 2 aliphatic rings. The molecule has 2 saturated heterocycles. The number of aromatic nitrogens is 2. The van der Waals surface area contributed by atoms with Gasteiger partial charge in [0.2, 0.25) is 0 Å². The van der Waals surface area contributed by atoms with E-state index in [0.717, 1.165) is 29.3 Å². The largest absolute Gasteiger partial charge is 0.435 e. The Morgan fingerprint density at radius 3 is 2.75 bits per heavy atom. The predicted molar refractivity (Wildman–Crippen MR) is 131 cm³/mol. The van der Waals surface area contributed by atoms with Crippen LogP contribution in [-0.4, -0.2) is 55.1 Å². The third kappa shape index (κ3) is 5.15. The lowest BCUT2D eigenvalue weighted by Gasteiger charge is -2.24. The molecule has 1 atom stereocenters. The van der Waals surface area contributed by atoms with Gasteiger partial charge in [0.05, 0.1) is 17.0 Å². The molecule has 2 aliphatic heterocycles. The monoisotopic (exact) mass is 518 g/mol. The minimum absolute atomic E-state index is 0.00755. The molecule has 0 radical (unpaired) electrons. The van der Waals surface area contributed by atoms with E-state index in [1.807, 2.05) is 19.2 Å². The summed E-state index contributed by atoms with van der Waals surface area (Å²) in [6, 6.07) is 8.44. The van der Waals surface area contributed by atoms with Crippen molar-refractivity contribution in [2.45, 2.75) is 45.3 Å². The van der Waals surface area contributed by atoms with Gasteiger partial charge in [-0.2, -0.15) is 8.78 Å². The molecular weight excluding hydrogens is 490 g/mol. The van der Waals surface area contributed by atoms with Gasteiger partial charge in [-0.1, -0.05) is 19.1 Å². The molecule has 0 aliphatic carbocycles. The Morgan fingerprint density at radius 2 is 2.06 bits per heavy atom. The van der Waals surface area contributed by atoms with Crippen LogP contribution in [0, 0.1) is 5.41 Å². The van der Waals surface area contributed by atoms with Crippen molar-refractivity contribution in [3.63, 3.8) is 0 Å². The van der Waals surface area contributed by atoms with E-state index in [1.165, 1.54) is 6.07 Å². The molecule has 0 spiro atoms. The van der Waals surface area contributed by atoms with Crippen LogP contribution in [0.25, 0.3) is 22.0 Å². The summed E-state index contributed by atoms with van der Waals surface area (Å²) in [5.74, 6) is -0.0136. The number of rotatable bonds is 7. The van der Waals surface area contributed by atoms with Crippen LogP contribution in [-0.2, 0) is 14.6 Å². The first-order chi connectivity index (χ1) is 17.1. The number of carbonyl (C=O) groups is 1. The van der Waals surface area contributed by atoms with Crippen molar-refractivity contribution in [3.05, 3.63) is 48.4 Å². The van der Waals surface area contributed by atoms with Crippen LogP contribution >= 0.6 is 0 Å². The minimum Gasteiger partial charge on any atom is -0.435 e. The molecule has 2 fully saturated rings. The molecule has 0 saturated carbocycles. The normalized spacial score (nSPS) is 22.3. The highest BCUT2D eigenvalue weighted by atomic mass is 32.2. The van der Waals surface area contributed by atoms with Crippen LogP contribution in [0.3, 0.4) is 0 Å². The molecular formula is C26H28F2N2O5S. The lowest BCUT2D eigenvalue weighted by molar-refractivity contribution is -0.0498. The van der Waals surface area contributed by atoms with Gasteiger partial charge < -0.3 is 14.0 Å². The van der Waals surface area contributed by atoms with E-state index < -0.39 is 21.9 Å². The van der Waals surface area contributed by atoms with Gasteiger partial charge in [-0.15, -0.1) is 0 Å². The highest BCUT2D eigenvalue weighted by Crippen LogP contribution is 2.38. The molecule has 4 heterocycles. The van der Waals surface area contributed by atoms with E-state index in [2.05, 4.69) is 14.3 Å². The van der Waals surface area contributed by atoms with E-state index in [4.69, 9.17) is 4.74 Å². The van der Waals surface area contributed by atoms with E-state index in [1.54, 1.807) is 24.4 Å². The first-order valence-electron chi connectivity index (χ1n) is 12.0. The predicted octanol–water partition coefficient (Wildman–Crippen LogP) is 5.05. The van der Waals surface area contributed by atoms with Crippen LogP contribution in [0.4, 0.5) is 8.78 Å². The standard InChI is InChI=1S/C26H28F2N2O5S/c1-26(7-10-36(32,33)16-26)13-24(31)22-12-23-20(14-29-22)21(15-30(23)18-5-8-34-9-6-18)17-3-2-4-19(11-17)35-25(27)28/h2-4,11-12,14-15,18,25H,5-10,13,16H2,1H3/t26-/m1/s1. The fraction of sp³-hybridized carbons (Fsp3) is 0.462. The van der Waals surface area contributed by atoms with Gasteiger partial charge in [-0.25, -0.2) is 8.42 Å². The van der Waals surface area contributed by atoms with Crippen molar-refractivity contribution in [1.29, 1.82) is 0 Å². The Morgan fingerprint density at radius 1 is 1.28 bits per heavy atom. The average molecular weight is 519 g/mol. The Balaban J connectivity index is 1.54. The van der Waals surface area contributed by atoms with Crippen LogP contribution < -0.4 is 4.74 Å². The second kappa shape index (κ2) is 9.55. The first kappa shape index (κ1) is 24.8. The summed E-state index contributed by atoms with van der Waals surface area (Å²) in [7, 11) is -3.12. The zero-order valence-electron chi connectivity index (χ0n) is 20.0. The lowest BCUT2D eigenvalue weighted by Crippen LogP contribution is -2.23. The second-order valence-corrected chi connectivity index (χ2v) is 12.2. The highest BCUT2D eigenvalue weighted by molar-refractivity contribution is 7.91. The molecule has 1 aromatic carbocycles. The lowest BCUT2D eigenvalue weighted by atomic mass is 9.84. The molecule has 0 amide bonds. The third-order valence-corrected chi connectivity index (χ3v) is 9.09. The van der Waals surface area contributed by atoms with E-state index in [-0.39, 0.29) is 35.5 Å². The zero-order chi connectivity index (χ0) is 25.5. The van der Waals surface area contributed by atoms with Crippen molar-refractivity contribution in [1.82, 2.24) is 9.55 Å². The van der Waals surface area contributed by atoms with Crippen molar-refractivity contribution >= 4 is 26.5 Å². The number of hydrogen-bond donors (Lipinski definition) is 0. The Kier molecular flexibility index (Phi) is 6.59. The van der Waals surface area contributed by atoms with E-state index in [0.29, 0.717) is 30.9 Å². The number of halogens is 2. The molecule has 192 valence electrons. The maximum absolute atomic E-state index is 13.2. The van der Waals surface area contributed by atoms with Crippen molar-refractivity contribution in [3.8, 4) is 16.9 Å². The number of fused-ring (bicyclic) bond motifs is 1. The zero-order valence-corrected chi connectivity index (χ0v) is 20.8. The average Bonchev–Trinajstić information content (AvgIpc) is 3.35. The second-order valence-electron chi connectivity index (χ2n) is 10.0. The van der Waals surface area contributed by atoms with Gasteiger partial charge in [0, 0.05) is 49.0 Å². The summed E-state index contributed by atoms with van der Waals surface area (Å²) in [5, 5.41) is 0.793. The Labute approximate surface area is 208 Å². The molecule has 0 N–H and O–H groups in total. The van der Waals surface area contributed by atoms with Crippen LogP contribution in [0.15, 0.2) is 42.7 Å². The topological polar surface area (TPSA) is 87.5 Å². The number of pyridine rings is 1. The number of sulfone groups is 1. The fourth-order valence-corrected chi connectivity index (χ4v) is 7.58. The SMILES string of the molecule is C[C@]1(CC(=O)c2cc3c(cn2)c(-c2cccc(OC(F)F)c2)cn3C2CCOCC2)CCS(=O)(=O)C1. The van der Waals surface area contributed by atoms with Gasteiger partial charge in [-0.3, -0.25) is 9.78 Å². The van der Waals surface area contributed by atoms with Gasteiger partial charge >= 0.3 is 6.61 Å². The number of ketones is 1. The smallest absolute Gasteiger partial charge is 0.387 e. The molecule has 10 heteroatoms. The molecule has 2 aromatic heterocycles. The van der Waals surface area contributed by atoms with Gasteiger partial charge in [0.1, 0.15) is 11.4 Å². The maximum atomic E-state index is 13.2. The quantitative estimate of drug-likeness (QED) is 0.407. The Bertz CT molecular complexity index is 1400. The molecule has 7 nitrogen and oxygen atoms in total. The molecule has 36 heavy (non-hydrogen) atoms. The fourth-order valence-electron chi connectivity index (χ4n) is 5.33. The molecule has 0 bridgehead atoms. The van der Waals surface area contributed by atoms with Gasteiger partial charge in [0.25, 0.3) is 0 Å². The van der Waals surface area contributed by atoms with Crippen LogP contribution in [0.5, 0.6) is 5.75 Å². The molecule has 0 unspecified atom stereocenters. The summed E-state index contributed by atoms with van der Waals surface area (Å²) in [4.78, 5) is 17.6. The summed E-state index contributed by atoms with van der Waals surface area (Å²) in [6.07, 6.45) is 5.80. The van der Waals surface area contributed by atoms with Gasteiger partial charge in [-0.05, 0) is 48.4 Å². The molecule has 3 aromatic rings.